The maximum absolute atomic E-state index is 12.0. The summed E-state index contributed by atoms with van der Waals surface area (Å²) in [5.74, 6) is -1.05. The molecule has 0 aromatic carbocycles. The van der Waals surface area contributed by atoms with E-state index in [1.54, 1.807) is 20.8 Å². The molecule has 0 aliphatic heterocycles. The molecular weight excluding hydrogens is 320 g/mol. The lowest BCUT2D eigenvalue weighted by atomic mass is 10.1. The van der Waals surface area contributed by atoms with Crippen LogP contribution in [0.4, 0.5) is 0 Å². The second-order valence-electron chi connectivity index (χ2n) is 4.78. The first-order valence-electron chi connectivity index (χ1n) is 6.50. The highest BCUT2D eigenvalue weighted by Crippen LogP contribution is 2.28. The highest BCUT2D eigenvalue weighted by molar-refractivity contribution is 8.13. The molecule has 1 unspecified atom stereocenters. The number of rotatable bonds is 7. The molecule has 1 N–H and O–H groups in total. The minimum atomic E-state index is -4.12. The SMILES string of the molecule is CCOCC(C)OC(=O)c1n[nH]c(C(C)C)c1S(=O)(=O)Cl. The number of esters is 1. The van der Waals surface area contributed by atoms with Crippen LogP contribution in [0, 0.1) is 0 Å². The molecule has 0 amide bonds. The largest absolute Gasteiger partial charge is 0.455 e. The molecule has 1 aromatic rings. The van der Waals surface area contributed by atoms with Gasteiger partial charge in [-0.05, 0) is 19.8 Å². The number of nitrogens with zero attached hydrogens (tertiary/aromatic N) is 1. The fourth-order valence-electron chi connectivity index (χ4n) is 1.68. The topological polar surface area (TPSA) is 98.3 Å². The zero-order chi connectivity index (χ0) is 16.2. The van der Waals surface area contributed by atoms with Gasteiger partial charge in [0, 0.05) is 17.3 Å². The summed E-state index contributed by atoms with van der Waals surface area (Å²) in [6, 6.07) is 0. The van der Waals surface area contributed by atoms with E-state index in [1.807, 2.05) is 6.92 Å². The molecule has 0 fully saturated rings. The van der Waals surface area contributed by atoms with Gasteiger partial charge in [-0.15, -0.1) is 0 Å². The van der Waals surface area contributed by atoms with Gasteiger partial charge in [-0.2, -0.15) is 5.10 Å². The number of hydrogen-bond donors (Lipinski definition) is 1. The molecule has 0 radical (unpaired) electrons. The van der Waals surface area contributed by atoms with E-state index < -0.39 is 21.1 Å². The number of ether oxygens (including phenoxy) is 2. The highest BCUT2D eigenvalue weighted by atomic mass is 35.7. The molecule has 0 saturated carbocycles. The Morgan fingerprint density at radius 1 is 1.38 bits per heavy atom. The predicted molar refractivity (Wildman–Crippen MR) is 77.1 cm³/mol. The monoisotopic (exact) mass is 338 g/mol. The molecule has 0 aliphatic rings. The van der Waals surface area contributed by atoms with Crippen molar-refractivity contribution in [2.24, 2.45) is 0 Å². The molecule has 7 nitrogen and oxygen atoms in total. The third-order valence-corrected chi connectivity index (χ3v) is 3.99. The van der Waals surface area contributed by atoms with Crippen LogP contribution in [0.3, 0.4) is 0 Å². The number of H-pyrrole nitrogens is 1. The molecule has 1 heterocycles. The van der Waals surface area contributed by atoms with Crippen molar-refractivity contribution < 1.29 is 22.7 Å². The van der Waals surface area contributed by atoms with Crippen LogP contribution < -0.4 is 0 Å². The number of carbonyl (C=O) groups excluding carboxylic acids is 1. The zero-order valence-corrected chi connectivity index (χ0v) is 13.9. The third-order valence-electron chi connectivity index (χ3n) is 2.63. The average Bonchev–Trinajstić information content (AvgIpc) is 2.81. The van der Waals surface area contributed by atoms with Gasteiger partial charge < -0.3 is 9.47 Å². The summed E-state index contributed by atoms with van der Waals surface area (Å²) < 4.78 is 33.6. The lowest BCUT2D eigenvalue weighted by Gasteiger charge is -2.12. The van der Waals surface area contributed by atoms with Gasteiger partial charge in [0.05, 0.1) is 12.3 Å². The molecule has 0 spiro atoms. The Labute approximate surface area is 128 Å². The van der Waals surface area contributed by atoms with Crippen molar-refractivity contribution in [2.45, 2.75) is 44.6 Å². The van der Waals surface area contributed by atoms with E-state index in [0.29, 0.717) is 6.61 Å². The zero-order valence-electron chi connectivity index (χ0n) is 12.3. The number of nitrogens with one attached hydrogen (secondary N) is 1. The second kappa shape index (κ2) is 7.24. The van der Waals surface area contributed by atoms with Crippen LogP contribution in [-0.4, -0.2) is 43.9 Å². The lowest BCUT2D eigenvalue weighted by molar-refractivity contribution is 0.00353. The highest BCUT2D eigenvalue weighted by Gasteiger charge is 2.31. The molecule has 0 saturated heterocycles. The van der Waals surface area contributed by atoms with Crippen LogP contribution in [0.2, 0.25) is 0 Å². The Morgan fingerprint density at radius 3 is 2.48 bits per heavy atom. The van der Waals surface area contributed by atoms with Crippen LogP contribution in [0.1, 0.15) is 49.8 Å². The summed E-state index contributed by atoms with van der Waals surface area (Å²) in [6.45, 7) is 7.67. The maximum Gasteiger partial charge on any atom is 0.360 e. The van der Waals surface area contributed by atoms with E-state index in [0.717, 1.165) is 0 Å². The normalized spacial score (nSPS) is 13.4. The minimum absolute atomic E-state index is 0.191. The van der Waals surface area contributed by atoms with E-state index in [2.05, 4.69) is 10.2 Å². The summed E-state index contributed by atoms with van der Waals surface area (Å²) in [5, 5.41) is 6.27. The van der Waals surface area contributed by atoms with Crippen LogP contribution in [0.25, 0.3) is 0 Å². The van der Waals surface area contributed by atoms with Crippen molar-refractivity contribution in [2.75, 3.05) is 13.2 Å². The number of aromatic nitrogens is 2. The standard InChI is InChI=1S/C12H19ClN2O5S/c1-5-19-6-8(4)20-12(16)10-11(21(13,17)18)9(7(2)3)14-15-10/h7-8H,5-6H2,1-4H3,(H,14,15). The molecule has 1 aromatic heterocycles. The first-order valence-corrected chi connectivity index (χ1v) is 8.81. The molecule has 1 atom stereocenters. The van der Waals surface area contributed by atoms with Crippen molar-refractivity contribution in [3.05, 3.63) is 11.4 Å². The summed E-state index contributed by atoms with van der Waals surface area (Å²) in [5.41, 5.74) is -0.0635. The van der Waals surface area contributed by atoms with Crippen molar-refractivity contribution in [3.63, 3.8) is 0 Å². The van der Waals surface area contributed by atoms with Crippen LogP contribution >= 0.6 is 10.7 Å². The van der Waals surface area contributed by atoms with Crippen molar-refractivity contribution in [1.29, 1.82) is 0 Å². The molecule has 21 heavy (non-hydrogen) atoms. The average molecular weight is 339 g/mol. The Balaban J connectivity index is 3.06. The number of aromatic amines is 1. The summed E-state index contributed by atoms with van der Waals surface area (Å²) in [6.07, 6.45) is -0.525. The quantitative estimate of drug-likeness (QED) is 0.603. The van der Waals surface area contributed by atoms with Gasteiger partial charge in [-0.25, -0.2) is 13.2 Å². The van der Waals surface area contributed by atoms with E-state index in [9.17, 15) is 13.2 Å². The van der Waals surface area contributed by atoms with E-state index in [-0.39, 0.29) is 28.8 Å². The van der Waals surface area contributed by atoms with E-state index in [1.165, 1.54) is 0 Å². The Bertz CT molecular complexity index is 597. The van der Waals surface area contributed by atoms with Crippen LogP contribution in [0.15, 0.2) is 4.90 Å². The second-order valence-corrected chi connectivity index (χ2v) is 7.29. The van der Waals surface area contributed by atoms with Gasteiger partial charge in [-0.1, -0.05) is 13.8 Å². The van der Waals surface area contributed by atoms with Gasteiger partial charge >= 0.3 is 5.97 Å². The first-order chi connectivity index (χ1) is 9.68. The van der Waals surface area contributed by atoms with Gasteiger partial charge in [0.15, 0.2) is 5.69 Å². The molecular formula is C12H19ClN2O5S. The minimum Gasteiger partial charge on any atom is -0.455 e. The molecule has 0 bridgehead atoms. The van der Waals surface area contributed by atoms with Crippen molar-refractivity contribution in [3.8, 4) is 0 Å². The van der Waals surface area contributed by atoms with Crippen LogP contribution in [-0.2, 0) is 18.5 Å². The number of hydrogen-bond acceptors (Lipinski definition) is 6. The molecule has 0 aliphatic carbocycles. The van der Waals surface area contributed by atoms with Gasteiger partial charge in [0.25, 0.3) is 9.05 Å². The first kappa shape index (κ1) is 17.9. The fraction of sp³-hybridized carbons (Fsp3) is 0.667. The summed E-state index contributed by atoms with van der Waals surface area (Å²) in [7, 11) is 1.28. The van der Waals surface area contributed by atoms with Crippen molar-refractivity contribution in [1.82, 2.24) is 10.2 Å². The lowest BCUT2D eigenvalue weighted by Crippen LogP contribution is -2.21. The van der Waals surface area contributed by atoms with Crippen LogP contribution in [0.5, 0.6) is 0 Å². The van der Waals surface area contributed by atoms with E-state index in [4.69, 9.17) is 20.2 Å². The van der Waals surface area contributed by atoms with Gasteiger partial charge in [-0.3, -0.25) is 5.10 Å². The predicted octanol–water partition coefficient (Wildman–Crippen LogP) is 2.04. The molecule has 120 valence electrons. The number of carbonyl (C=O) groups is 1. The fourth-order valence-corrected chi connectivity index (χ4v) is 3.05. The van der Waals surface area contributed by atoms with E-state index >= 15 is 0 Å². The van der Waals surface area contributed by atoms with Crippen molar-refractivity contribution >= 4 is 25.7 Å². The summed E-state index contributed by atoms with van der Waals surface area (Å²) >= 11 is 0. The number of halogens is 1. The Hall–Kier alpha value is -1.12. The smallest absolute Gasteiger partial charge is 0.360 e. The third kappa shape index (κ3) is 4.69. The van der Waals surface area contributed by atoms with Gasteiger partial charge in [0.2, 0.25) is 0 Å². The van der Waals surface area contributed by atoms with Gasteiger partial charge in [0.1, 0.15) is 11.0 Å². The molecule has 9 heteroatoms. The Kier molecular flexibility index (Phi) is 6.18. The summed E-state index contributed by atoms with van der Waals surface area (Å²) in [4.78, 5) is 11.7. The maximum atomic E-state index is 12.0. The molecule has 1 rings (SSSR count). The Morgan fingerprint density at radius 2 is 2.00 bits per heavy atom.